The van der Waals surface area contributed by atoms with Crippen LogP contribution in [0.3, 0.4) is 0 Å². The summed E-state index contributed by atoms with van der Waals surface area (Å²) < 4.78 is 13.9. The van der Waals surface area contributed by atoms with E-state index in [0.29, 0.717) is 22.4 Å². The van der Waals surface area contributed by atoms with Gasteiger partial charge in [-0.3, -0.25) is 4.79 Å². The van der Waals surface area contributed by atoms with Gasteiger partial charge in [-0.25, -0.2) is 4.39 Å². The second-order valence-electron chi connectivity index (χ2n) is 5.46. The summed E-state index contributed by atoms with van der Waals surface area (Å²) in [6, 6.07) is 3.05. The zero-order chi connectivity index (χ0) is 13.5. The highest BCUT2D eigenvalue weighted by Gasteiger charge is 2.41. The Balaban J connectivity index is 1.95. The maximum atomic E-state index is 13.6. The average Bonchev–Trinajstić information content (AvgIpc) is 2.52. The first-order chi connectivity index (χ1) is 9.11. The molecule has 1 aromatic rings. The van der Waals surface area contributed by atoms with E-state index in [1.54, 1.807) is 6.07 Å². The topological polar surface area (TPSA) is 41.1 Å². The molecule has 0 unspecified atom stereocenters. The van der Waals surface area contributed by atoms with Crippen LogP contribution in [0.15, 0.2) is 16.6 Å². The molecule has 0 atom stereocenters. The third kappa shape index (κ3) is 2.24. The molecule has 1 aliphatic carbocycles. The van der Waals surface area contributed by atoms with Crippen LogP contribution in [0.5, 0.6) is 0 Å². The van der Waals surface area contributed by atoms with Crippen LogP contribution in [-0.2, 0) is 4.79 Å². The van der Waals surface area contributed by atoms with Crippen molar-refractivity contribution in [3.63, 3.8) is 0 Å². The minimum absolute atomic E-state index is 0.0666. The van der Waals surface area contributed by atoms with Gasteiger partial charge in [0.25, 0.3) is 0 Å². The maximum absolute atomic E-state index is 13.6. The molecular formula is C14H16BrFN2O. The van der Waals surface area contributed by atoms with Crippen LogP contribution >= 0.6 is 15.9 Å². The number of anilines is 2. The SMILES string of the molecule is O=C1Nc2cc(Br)c(F)cc2NCC12CCCCC2. The van der Waals surface area contributed by atoms with E-state index >= 15 is 0 Å². The molecule has 1 aliphatic heterocycles. The Kier molecular flexibility index (Phi) is 3.25. The molecule has 5 heteroatoms. The minimum atomic E-state index is -0.333. The highest BCUT2D eigenvalue weighted by molar-refractivity contribution is 9.10. The number of benzene rings is 1. The molecule has 3 rings (SSSR count). The fourth-order valence-electron chi connectivity index (χ4n) is 3.03. The molecule has 19 heavy (non-hydrogen) atoms. The second kappa shape index (κ2) is 4.78. The highest BCUT2D eigenvalue weighted by Crippen LogP contribution is 2.41. The number of carbonyl (C=O) groups is 1. The lowest BCUT2D eigenvalue weighted by Crippen LogP contribution is -2.41. The number of fused-ring (bicyclic) bond motifs is 1. The second-order valence-corrected chi connectivity index (χ2v) is 6.31. The van der Waals surface area contributed by atoms with Crippen molar-refractivity contribution < 1.29 is 9.18 Å². The van der Waals surface area contributed by atoms with Crippen LogP contribution in [0.25, 0.3) is 0 Å². The van der Waals surface area contributed by atoms with E-state index in [-0.39, 0.29) is 17.1 Å². The molecule has 0 radical (unpaired) electrons. The molecule has 2 N–H and O–H groups in total. The summed E-state index contributed by atoms with van der Waals surface area (Å²) in [6.07, 6.45) is 5.18. The van der Waals surface area contributed by atoms with Gasteiger partial charge in [-0.1, -0.05) is 19.3 Å². The average molecular weight is 327 g/mol. The summed E-state index contributed by atoms with van der Waals surface area (Å²) in [7, 11) is 0. The van der Waals surface area contributed by atoms with E-state index in [0.717, 1.165) is 25.7 Å². The van der Waals surface area contributed by atoms with E-state index in [4.69, 9.17) is 0 Å². The number of carbonyl (C=O) groups excluding carboxylic acids is 1. The summed E-state index contributed by atoms with van der Waals surface area (Å²) in [6.45, 7) is 0.590. The van der Waals surface area contributed by atoms with E-state index in [1.807, 2.05) is 0 Å². The maximum Gasteiger partial charge on any atom is 0.232 e. The third-order valence-corrected chi connectivity index (χ3v) is 4.83. The Labute approximate surface area is 120 Å². The Bertz CT molecular complexity index is 526. The van der Waals surface area contributed by atoms with Gasteiger partial charge in [-0.15, -0.1) is 0 Å². The molecule has 1 spiro atoms. The van der Waals surface area contributed by atoms with Crippen molar-refractivity contribution in [3.8, 4) is 0 Å². The molecule has 1 aromatic carbocycles. The van der Waals surface area contributed by atoms with E-state index in [1.165, 1.54) is 12.5 Å². The zero-order valence-corrected chi connectivity index (χ0v) is 12.1. The molecule has 1 amide bonds. The number of halogens is 2. The Morgan fingerprint density at radius 3 is 2.63 bits per heavy atom. The smallest absolute Gasteiger partial charge is 0.232 e. The normalized spacial score (nSPS) is 21.3. The van der Waals surface area contributed by atoms with Gasteiger partial charge in [0.05, 0.1) is 21.3 Å². The first kappa shape index (κ1) is 12.9. The number of hydrogen-bond donors (Lipinski definition) is 2. The summed E-state index contributed by atoms with van der Waals surface area (Å²) in [5, 5.41) is 6.19. The van der Waals surface area contributed by atoms with Crippen LogP contribution in [0.1, 0.15) is 32.1 Å². The monoisotopic (exact) mass is 326 g/mol. The fourth-order valence-corrected chi connectivity index (χ4v) is 3.37. The van der Waals surface area contributed by atoms with Crippen molar-refractivity contribution in [2.75, 3.05) is 17.2 Å². The predicted molar refractivity (Wildman–Crippen MR) is 76.7 cm³/mol. The van der Waals surface area contributed by atoms with Crippen molar-refractivity contribution in [1.29, 1.82) is 0 Å². The molecule has 3 nitrogen and oxygen atoms in total. The molecule has 0 saturated heterocycles. The Morgan fingerprint density at radius 1 is 1.16 bits per heavy atom. The largest absolute Gasteiger partial charge is 0.382 e. The van der Waals surface area contributed by atoms with Gasteiger partial charge in [0, 0.05) is 12.6 Å². The van der Waals surface area contributed by atoms with Crippen molar-refractivity contribution in [2.24, 2.45) is 5.41 Å². The molecule has 0 aromatic heterocycles. The van der Waals surface area contributed by atoms with Gasteiger partial charge in [-0.2, -0.15) is 0 Å². The lowest BCUT2D eigenvalue weighted by molar-refractivity contribution is -0.126. The Hall–Kier alpha value is -1.10. The molecular weight excluding hydrogens is 311 g/mol. The summed E-state index contributed by atoms with van der Waals surface area (Å²) in [5.74, 6) is -0.253. The van der Waals surface area contributed by atoms with Gasteiger partial charge in [-0.05, 0) is 34.8 Å². The van der Waals surface area contributed by atoms with E-state index in [2.05, 4.69) is 26.6 Å². The standard InChI is InChI=1S/C14H16BrFN2O/c15-9-6-12-11(7-10(9)16)17-8-14(13(19)18-12)4-2-1-3-5-14/h6-7,17H,1-5,8H2,(H,18,19). The summed E-state index contributed by atoms with van der Waals surface area (Å²) >= 11 is 3.15. The number of amides is 1. The van der Waals surface area contributed by atoms with Gasteiger partial charge in [0.1, 0.15) is 5.82 Å². The van der Waals surface area contributed by atoms with E-state index in [9.17, 15) is 9.18 Å². The van der Waals surface area contributed by atoms with Crippen molar-refractivity contribution in [3.05, 3.63) is 22.4 Å². The van der Waals surface area contributed by atoms with Crippen molar-refractivity contribution in [2.45, 2.75) is 32.1 Å². The van der Waals surface area contributed by atoms with Crippen LogP contribution in [0.4, 0.5) is 15.8 Å². The van der Waals surface area contributed by atoms with Gasteiger partial charge >= 0.3 is 0 Å². The summed E-state index contributed by atoms with van der Waals surface area (Å²) in [5.41, 5.74) is 0.984. The van der Waals surface area contributed by atoms with Crippen LogP contribution in [0, 0.1) is 11.2 Å². The van der Waals surface area contributed by atoms with Crippen molar-refractivity contribution in [1.82, 2.24) is 0 Å². The lowest BCUT2D eigenvalue weighted by Gasteiger charge is -2.34. The molecule has 1 heterocycles. The minimum Gasteiger partial charge on any atom is -0.382 e. The third-order valence-electron chi connectivity index (χ3n) is 4.22. The van der Waals surface area contributed by atoms with Gasteiger partial charge < -0.3 is 10.6 Å². The number of hydrogen-bond acceptors (Lipinski definition) is 2. The molecule has 1 fully saturated rings. The lowest BCUT2D eigenvalue weighted by atomic mass is 9.73. The zero-order valence-electron chi connectivity index (χ0n) is 10.6. The van der Waals surface area contributed by atoms with E-state index < -0.39 is 0 Å². The molecule has 1 saturated carbocycles. The van der Waals surface area contributed by atoms with Crippen LogP contribution < -0.4 is 10.6 Å². The van der Waals surface area contributed by atoms with Crippen LogP contribution in [-0.4, -0.2) is 12.5 Å². The van der Waals surface area contributed by atoms with Crippen molar-refractivity contribution >= 4 is 33.2 Å². The first-order valence-corrected chi connectivity index (χ1v) is 7.44. The number of rotatable bonds is 0. The summed E-state index contributed by atoms with van der Waals surface area (Å²) in [4.78, 5) is 12.5. The molecule has 0 bridgehead atoms. The predicted octanol–water partition coefficient (Wildman–Crippen LogP) is 3.90. The van der Waals surface area contributed by atoms with Gasteiger partial charge in [0.2, 0.25) is 5.91 Å². The highest BCUT2D eigenvalue weighted by atomic mass is 79.9. The molecule has 102 valence electrons. The fraction of sp³-hybridized carbons (Fsp3) is 0.500. The van der Waals surface area contributed by atoms with Gasteiger partial charge in [0.15, 0.2) is 0 Å². The van der Waals surface area contributed by atoms with Crippen LogP contribution in [0.2, 0.25) is 0 Å². The quantitative estimate of drug-likeness (QED) is 0.759. The Morgan fingerprint density at radius 2 is 1.89 bits per heavy atom. The molecule has 2 aliphatic rings. The first-order valence-electron chi connectivity index (χ1n) is 6.65. The number of nitrogens with one attached hydrogen (secondary N) is 2.